The SMILES string of the molecule is CC1=C(/C=C/C2=[N+](CCCCS)c3ccc4ccccc4c3C2(C)C)CC(C)C/C1=C\C=C1\Oc2ccc3ccccc3c2C1(C)C. The molecule has 0 fully saturated rings. The van der Waals surface area contributed by atoms with Gasteiger partial charge in [-0.1, -0.05) is 73.7 Å². The fourth-order valence-corrected chi connectivity index (χ4v) is 8.55. The summed E-state index contributed by atoms with van der Waals surface area (Å²) >= 11 is 4.51. The van der Waals surface area contributed by atoms with Crippen LogP contribution in [0.5, 0.6) is 5.75 Å². The minimum absolute atomic E-state index is 0.101. The van der Waals surface area contributed by atoms with Gasteiger partial charge in [0.05, 0.1) is 10.8 Å². The molecule has 0 saturated heterocycles. The summed E-state index contributed by atoms with van der Waals surface area (Å²) in [7, 11) is 0. The zero-order valence-corrected chi connectivity index (χ0v) is 29.8. The summed E-state index contributed by atoms with van der Waals surface area (Å²) in [6, 6.07) is 26.5. The second kappa shape index (κ2) is 12.3. The van der Waals surface area contributed by atoms with E-state index in [-0.39, 0.29) is 10.8 Å². The molecule has 47 heavy (non-hydrogen) atoms. The van der Waals surface area contributed by atoms with E-state index < -0.39 is 0 Å². The standard InChI is InChI=1S/C44H47NOS/c1-29-27-33(19-23-39-43(3,4)41-35-15-9-7-13-31(35)17-21-37(41)45(39)25-11-12-26-47)30(2)34(28-29)20-24-40-44(5,6)42-36-16-10-8-14-32(36)18-22-38(42)46-40/h7-10,13-24,29H,11-12,25-28H2,1-6H3/p+1/b23-19+,34-20+,40-24+. The molecule has 1 atom stereocenters. The third kappa shape index (κ3) is 5.51. The van der Waals surface area contributed by atoms with Crippen molar-refractivity contribution in [2.75, 3.05) is 12.3 Å². The van der Waals surface area contributed by atoms with Gasteiger partial charge in [0.15, 0.2) is 5.71 Å². The van der Waals surface area contributed by atoms with Crippen LogP contribution in [0.4, 0.5) is 5.69 Å². The zero-order chi connectivity index (χ0) is 32.9. The molecule has 1 unspecified atom stereocenters. The molecular formula is C44H48NOS+. The lowest BCUT2D eigenvalue weighted by Crippen LogP contribution is -2.28. The summed E-state index contributed by atoms with van der Waals surface area (Å²) in [6.45, 7) is 15.1. The molecule has 2 aliphatic heterocycles. The molecule has 3 heteroatoms. The Kier molecular flexibility index (Phi) is 8.33. The van der Waals surface area contributed by atoms with Crippen LogP contribution >= 0.6 is 12.6 Å². The molecular weight excluding hydrogens is 591 g/mol. The maximum absolute atomic E-state index is 6.53. The van der Waals surface area contributed by atoms with Crippen LogP contribution in [0, 0.1) is 5.92 Å². The fraction of sp³-hybridized carbons (Fsp3) is 0.341. The van der Waals surface area contributed by atoms with Crippen molar-refractivity contribution in [2.24, 2.45) is 5.92 Å². The van der Waals surface area contributed by atoms with Crippen molar-refractivity contribution >= 4 is 45.6 Å². The van der Waals surface area contributed by atoms with Gasteiger partial charge >= 0.3 is 0 Å². The molecule has 0 N–H and O–H groups in total. The summed E-state index contributed by atoms with van der Waals surface area (Å²) in [5, 5.41) is 5.22. The Bertz CT molecular complexity index is 2050. The third-order valence-electron chi connectivity index (χ3n) is 10.9. The highest BCUT2D eigenvalue weighted by molar-refractivity contribution is 7.80. The number of allylic oxidation sites excluding steroid dienone is 8. The molecule has 1 aliphatic carbocycles. The summed E-state index contributed by atoms with van der Waals surface area (Å²) in [6.07, 6.45) is 13.9. The highest BCUT2D eigenvalue weighted by Crippen LogP contribution is 2.49. The van der Waals surface area contributed by atoms with E-state index in [0.29, 0.717) is 5.92 Å². The van der Waals surface area contributed by atoms with Crippen molar-refractivity contribution in [3.05, 3.63) is 131 Å². The van der Waals surface area contributed by atoms with E-state index in [0.717, 1.165) is 49.5 Å². The zero-order valence-electron chi connectivity index (χ0n) is 28.9. The number of fused-ring (bicyclic) bond motifs is 6. The molecule has 4 aromatic carbocycles. The van der Waals surface area contributed by atoms with Crippen LogP contribution in [0.3, 0.4) is 0 Å². The molecule has 240 valence electrons. The average molecular weight is 639 g/mol. The molecule has 0 amide bonds. The van der Waals surface area contributed by atoms with E-state index in [4.69, 9.17) is 4.74 Å². The van der Waals surface area contributed by atoms with E-state index in [1.54, 1.807) is 0 Å². The number of benzene rings is 4. The van der Waals surface area contributed by atoms with Crippen LogP contribution in [-0.2, 0) is 10.8 Å². The van der Waals surface area contributed by atoms with E-state index in [2.05, 4.69) is 156 Å². The quantitative estimate of drug-likeness (QED) is 0.121. The lowest BCUT2D eigenvalue weighted by molar-refractivity contribution is -0.438. The Morgan fingerprint density at radius 3 is 2.19 bits per heavy atom. The Morgan fingerprint density at radius 1 is 0.787 bits per heavy atom. The number of thiol groups is 1. The smallest absolute Gasteiger partial charge is 0.210 e. The summed E-state index contributed by atoms with van der Waals surface area (Å²) in [5.41, 5.74) is 9.43. The molecule has 2 heterocycles. The molecule has 0 bridgehead atoms. The van der Waals surface area contributed by atoms with Crippen LogP contribution in [0.2, 0.25) is 0 Å². The van der Waals surface area contributed by atoms with Gasteiger partial charge < -0.3 is 4.74 Å². The van der Waals surface area contributed by atoms with Crippen LogP contribution in [0.15, 0.2) is 120 Å². The van der Waals surface area contributed by atoms with Crippen molar-refractivity contribution in [3.63, 3.8) is 0 Å². The number of hydrogen-bond acceptors (Lipinski definition) is 2. The van der Waals surface area contributed by atoms with Crippen molar-refractivity contribution < 1.29 is 9.31 Å². The number of nitrogens with zero attached hydrogens (tertiary/aromatic N) is 1. The second-order valence-electron chi connectivity index (χ2n) is 14.9. The summed E-state index contributed by atoms with van der Waals surface area (Å²) in [4.78, 5) is 0. The number of hydrogen-bond donors (Lipinski definition) is 1. The molecule has 2 nitrogen and oxygen atoms in total. The molecule has 0 aromatic heterocycles. The van der Waals surface area contributed by atoms with E-state index in [1.807, 2.05) is 0 Å². The topological polar surface area (TPSA) is 12.2 Å². The molecule has 0 saturated carbocycles. The normalized spacial score (nSPS) is 21.8. The molecule has 0 radical (unpaired) electrons. The second-order valence-corrected chi connectivity index (χ2v) is 15.3. The first-order chi connectivity index (χ1) is 22.6. The Labute approximate surface area is 286 Å². The predicted octanol–water partition coefficient (Wildman–Crippen LogP) is 11.6. The highest BCUT2D eigenvalue weighted by Gasteiger charge is 2.45. The van der Waals surface area contributed by atoms with Gasteiger partial charge in [-0.2, -0.15) is 17.2 Å². The first-order valence-corrected chi connectivity index (χ1v) is 18.0. The van der Waals surface area contributed by atoms with Crippen LogP contribution < -0.4 is 4.74 Å². The van der Waals surface area contributed by atoms with Gasteiger partial charge in [0.1, 0.15) is 18.1 Å². The van der Waals surface area contributed by atoms with Crippen LogP contribution in [-0.4, -0.2) is 22.6 Å². The van der Waals surface area contributed by atoms with Crippen LogP contribution in [0.25, 0.3) is 21.5 Å². The fourth-order valence-electron chi connectivity index (χ4n) is 8.33. The molecule has 4 aromatic rings. The lowest BCUT2D eigenvalue weighted by atomic mass is 9.78. The van der Waals surface area contributed by atoms with Gasteiger partial charge in [-0.25, -0.2) is 0 Å². The van der Waals surface area contributed by atoms with Gasteiger partial charge in [-0.05, 0) is 122 Å². The number of rotatable bonds is 7. The monoisotopic (exact) mass is 638 g/mol. The summed E-state index contributed by atoms with van der Waals surface area (Å²) in [5.74, 6) is 3.50. The Hall–Kier alpha value is -3.82. The highest BCUT2D eigenvalue weighted by atomic mass is 32.1. The van der Waals surface area contributed by atoms with Crippen molar-refractivity contribution in [1.82, 2.24) is 0 Å². The van der Waals surface area contributed by atoms with Crippen molar-refractivity contribution in [2.45, 2.75) is 78.1 Å². The average Bonchev–Trinajstić information content (AvgIpc) is 3.45. The summed E-state index contributed by atoms with van der Waals surface area (Å²) < 4.78 is 9.12. The Balaban J connectivity index is 1.24. The van der Waals surface area contributed by atoms with Gasteiger partial charge in [-0.3, -0.25) is 0 Å². The van der Waals surface area contributed by atoms with Crippen LogP contribution in [0.1, 0.15) is 78.4 Å². The van der Waals surface area contributed by atoms with Crippen molar-refractivity contribution in [1.29, 1.82) is 0 Å². The lowest BCUT2D eigenvalue weighted by Gasteiger charge is -2.25. The first-order valence-electron chi connectivity index (χ1n) is 17.4. The maximum Gasteiger partial charge on any atom is 0.210 e. The van der Waals surface area contributed by atoms with E-state index in [1.165, 1.54) is 60.8 Å². The van der Waals surface area contributed by atoms with Gasteiger partial charge in [0.25, 0.3) is 0 Å². The first kappa shape index (κ1) is 31.8. The minimum Gasteiger partial charge on any atom is -0.460 e. The van der Waals surface area contributed by atoms with Gasteiger partial charge in [0.2, 0.25) is 5.69 Å². The maximum atomic E-state index is 6.53. The molecule has 3 aliphatic rings. The van der Waals surface area contributed by atoms with E-state index >= 15 is 0 Å². The third-order valence-corrected chi connectivity index (χ3v) is 11.2. The van der Waals surface area contributed by atoms with Gasteiger partial charge in [-0.15, -0.1) is 0 Å². The molecule has 0 spiro atoms. The Morgan fingerprint density at radius 2 is 1.47 bits per heavy atom. The predicted molar refractivity (Wildman–Crippen MR) is 204 cm³/mol. The number of unbranched alkanes of at least 4 members (excludes halogenated alkanes) is 1. The number of ether oxygens (including phenoxy) is 1. The van der Waals surface area contributed by atoms with Gasteiger partial charge in [0, 0.05) is 29.7 Å². The minimum atomic E-state index is -0.200. The van der Waals surface area contributed by atoms with Crippen molar-refractivity contribution in [3.8, 4) is 5.75 Å². The molecule has 7 rings (SSSR count). The van der Waals surface area contributed by atoms with E-state index in [9.17, 15) is 0 Å². The largest absolute Gasteiger partial charge is 0.460 e.